The molecule has 0 bridgehead atoms. The predicted molar refractivity (Wildman–Crippen MR) is 69.6 cm³/mol. The molecule has 0 aromatic heterocycles. The van der Waals surface area contributed by atoms with Crippen molar-refractivity contribution in [3.8, 4) is 5.75 Å². The summed E-state index contributed by atoms with van der Waals surface area (Å²) < 4.78 is 64.7. The summed E-state index contributed by atoms with van der Waals surface area (Å²) >= 11 is 0. The van der Waals surface area contributed by atoms with Gasteiger partial charge in [0, 0.05) is 12.1 Å². The number of nitrogen functional groups attached to an aromatic ring is 1. The van der Waals surface area contributed by atoms with E-state index in [1.54, 1.807) is 0 Å². The summed E-state index contributed by atoms with van der Waals surface area (Å²) in [6, 6.07) is 4.06. The van der Waals surface area contributed by atoms with Gasteiger partial charge in [-0.05, 0) is 18.2 Å². The van der Waals surface area contributed by atoms with E-state index in [0.717, 1.165) is 18.2 Å². The fourth-order valence-electron chi connectivity index (χ4n) is 1.53. The number of hydrogen-bond acceptors (Lipinski definition) is 4. The minimum absolute atomic E-state index is 0.186. The van der Waals surface area contributed by atoms with E-state index in [0.29, 0.717) is 12.1 Å². The summed E-state index contributed by atoms with van der Waals surface area (Å²) in [7, 11) is -4.20. The minimum atomic E-state index is -4.20. The van der Waals surface area contributed by atoms with Crippen LogP contribution in [0.5, 0.6) is 5.75 Å². The molecule has 0 aliphatic heterocycles. The maximum absolute atomic E-state index is 13.0. The van der Waals surface area contributed by atoms with E-state index in [4.69, 9.17) is 5.73 Å². The third kappa shape index (κ3) is 3.02. The first-order valence-electron chi connectivity index (χ1n) is 5.46. The zero-order valence-electron chi connectivity index (χ0n) is 10.3. The average molecular weight is 318 g/mol. The van der Waals surface area contributed by atoms with Crippen LogP contribution in [0.3, 0.4) is 0 Å². The van der Waals surface area contributed by atoms with Crippen LogP contribution in [0.1, 0.15) is 0 Å². The van der Waals surface area contributed by atoms with Crippen molar-refractivity contribution in [3.63, 3.8) is 0 Å². The molecule has 0 heterocycles. The molecule has 2 aromatic rings. The molecule has 5 nitrogen and oxygen atoms in total. The quantitative estimate of drug-likeness (QED) is 0.459. The molecule has 9 heteroatoms. The van der Waals surface area contributed by atoms with Gasteiger partial charge >= 0.3 is 0 Å². The second kappa shape index (κ2) is 5.17. The molecular formula is C12H9F3N2O3S. The summed E-state index contributed by atoms with van der Waals surface area (Å²) in [6.45, 7) is 0. The summed E-state index contributed by atoms with van der Waals surface area (Å²) in [5.74, 6) is -5.07. The Bertz CT molecular complexity index is 786. The van der Waals surface area contributed by atoms with E-state index >= 15 is 0 Å². The molecule has 0 aliphatic carbocycles. The molecule has 4 N–H and O–H groups in total. The van der Waals surface area contributed by atoms with Gasteiger partial charge in [0.1, 0.15) is 5.75 Å². The van der Waals surface area contributed by atoms with E-state index in [1.165, 1.54) is 0 Å². The highest BCUT2D eigenvalue weighted by Crippen LogP contribution is 2.25. The standard InChI is InChI=1S/C12H9F3N2O3S/c13-8-3-6(4-9(14)12(8)15)17-21(19,20)7-1-2-11(18)10(16)5-7/h1-5,17-18H,16H2. The third-order valence-corrected chi connectivity index (χ3v) is 3.92. The molecule has 0 amide bonds. The van der Waals surface area contributed by atoms with E-state index in [2.05, 4.69) is 0 Å². The lowest BCUT2D eigenvalue weighted by molar-refractivity contribution is 0.448. The van der Waals surface area contributed by atoms with Crippen LogP contribution in [0.2, 0.25) is 0 Å². The number of hydrogen-bond donors (Lipinski definition) is 3. The normalized spacial score (nSPS) is 11.4. The average Bonchev–Trinajstić information content (AvgIpc) is 2.38. The molecule has 0 saturated heterocycles. The monoisotopic (exact) mass is 318 g/mol. The van der Waals surface area contributed by atoms with Gasteiger partial charge in [0.05, 0.1) is 16.3 Å². The van der Waals surface area contributed by atoms with Crippen molar-refractivity contribution in [2.75, 3.05) is 10.5 Å². The zero-order valence-corrected chi connectivity index (χ0v) is 11.1. The predicted octanol–water partition coefficient (Wildman–Crippen LogP) is 2.19. The van der Waals surface area contributed by atoms with Crippen LogP contribution in [-0.2, 0) is 10.0 Å². The fraction of sp³-hybridized carbons (Fsp3) is 0. The topological polar surface area (TPSA) is 92.4 Å². The van der Waals surface area contributed by atoms with Gasteiger partial charge in [-0.25, -0.2) is 21.6 Å². The second-order valence-corrected chi connectivity index (χ2v) is 5.76. The molecule has 2 aromatic carbocycles. The van der Waals surface area contributed by atoms with Gasteiger partial charge in [-0.1, -0.05) is 0 Å². The first kappa shape index (κ1) is 15.0. The van der Waals surface area contributed by atoms with Gasteiger partial charge in [0.2, 0.25) is 0 Å². The van der Waals surface area contributed by atoms with Crippen LogP contribution in [0.25, 0.3) is 0 Å². The van der Waals surface area contributed by atoms with Crippen molar-refractivity contribution in [1.82, 2.24) is 0 Å². The van der Waals surface area contributed by atoms with Crippen molar-refractivity contribution in [2.45, 2.75) is 4.90 Å². The molecule has 0 atom stereocenters. The number of nitrogens with two attached hydrogens (primary N) is 1. The van der Waals surface area contributed by atoms with Crippen LogP contribution in [-0.4, -0.2) is 13.5 Å². The van der Waals surface area contributed by atoms with E-state index in [1.807, 2.05) is 4.72 Å². The molecule has 0 radical (unpaired) electrons. The number of phenolic OH excluding ortho intramolecular Hbond substituents is 1. The maximum atomic E-state index is 13.0. The Balaban J connectivity index is 2.39. The van der Waals surface area contributed by atoms with Crippen molar-refractivity contribution in [1.29, 1.82) is 0 Å². The van der Waals surface area contributed by atoms with Gasteiger partial charge in [-0.3, -0.25) is 4.72 Å². The first-order valence-corrected chi connectivity index (χ1v) is 6.95. The Morgan fingerprint density at radius 3 is 2.14 bits per heavy atom. The van der Waals surface area contributed by atoms with E-state index in [9.17, 15) is 26.7 Å². The highest BCUT2D eigenvalue weighted by atomic mass is 32.2. The maximum Gasteiger partial charge on any atom is 0.261 e. The summed E-state index contributed by atoms with van der Waals surface area (Å²) in [4.78, 5) is -0.331. The van der Waals surface area contributed by atoms with Crippen molar-refractivity contribution in [2.24, 2.45) is 0 Å². The molecule has 2 rings (SSSR count). The number of halogens is 3. The summed E-state index contributed by atoms with van der Waals surface area (Å²) in [5.41, 5.74) is 4.69. The van der Waals surface area contributed by atoms with Crippen molar-refractivity contribution < 1.29 is 26.7 Å². The minimum Gasteiger partial charge on any atom is -0.506 e. The van der Waals surface area contributed by atoms with Gasteiger partial charge in [-0.15, -0.1) is 0 Å². The molecule has 0 spiro atoms. The number of anilines is 2. The van der Waals surface area contributed by atoms with Gasteiger partial charge in [0.15, 0.2) is 17.5 Å². The Hall–Kier alpha value is -2.42. The van der Waals surface area contributed by atoms with Crippen LogP contribution in [0, 0.1) is 17.5 Å². The van der Waals surface area contributed by atoms with Crippen molar-refractivity contribution >= 4 is 21.4 Å². The van der Waals surface area contributed by atoms with Crippen LogP contribution < -0.4 is 10.5 Å². The SMILES string of the molecule is Nc1cc(S(=O)(=O)Nc2cc(F)c(F)c(F)c2)ccc1O. The Morgan fingerprint density at radius 2 is 1.62 bits per heavy atom. The Kier molecular flexibility index (Phi) is 3.69. The van der Waals surface area contributed by atoms with E-state index < -0.39 is 33.2 Å². The molecular weight excluding hydrogens is 309 g/mol. The second-order valence-electron chi connectivity index (χ2n) is 4.08. The van der Waals surface area contributed by atoms with Crippen LogP contribution >= 0.6 is 0 Å². The lowest BCUT2D eigenvalue weighted by atomic mass is 10.3. The summed E-state index contributed by atoms with van der Waals surface area (Å²) in [5, 5.41) is 9.22. The molecule has 112 valence electrons. The zero-order chi connectivity index (χ0) is 15.8. The Morgan fingerprint density at radius 1 is 1.05 bits per heavy atom. The third-order valence-electron chi connectivity index (χ3n) is 2.55. The largest absolute Gasteiger partial charge is 0.506 e. The Labute approximate surface area is 117 Å². The van der Waals surface area contributed by atoms with E-state index in [-0.39, 0.29) is 16.3 Å². The highest BCUT2D eigenvalue weighted by Gasteiger charge is 2.18. The lowest BCUT2D eigenvalue weighted by Gasteiger charge is -2.10. The first-order chi connectivity index (χ1) is 9.70. The molecule has 0 aliphatic rings. The number of phenols is 1. The van der Waals surface area contributed by atoms with Gasteiger partial charge in [0.25, 0.3) is 10.0 Å². The number of benzene rings is 2. The van der Waals surface area contributed by atoms with Crippen LogP contribution in [0.4, 0.5) is 24.5 Å². The highest BCUT2D eigenvalue weighted by molar-refractivity contribution is 7.92. The van der Waals surface area contributed by atoms with Gasteiger partial charge < -0.3 is 10.8 Å². The fourth-order valence-corrected chi connectivity index (χ4v) is 2.60. The smallest absolute Gasteiger partial charge is 0.261 e. The number of nitrogens with one attached hydrogen (secondary N) is 1. The summed E-state index contributed by atoms with van der Waals surface area (Å²) in [6.07, 6.45) is 0. The number of sulfonamides is 1. The molecule has 0 saturated carbocycles. The number of aromatic hydroxyl groups is 1. The van der Waals surface area contributed by atoms with Crippen molar-refractivity contribution in [3.05, 3.63) is 47.8 Å². The number of rotatable bonds is 3. The molecule has 0 unspecified atom stereocenters. The molecule has 21 heavy (non-hydrogen) atoms. The molecule has 0 fully saturated rings. The van der Waals surface area contributed by atoms with Gasteiger partial charge in [-0.2, -0.15) is 0 Å². The van der Waals surface area contributed by atoms with Crippen LogP contribution in [0.15, 0.2) is 35.2 Å². The lowest BCUT2D eigenvalue weighted by Crippen LogP contribution is -2.14.